The summed E-state index contributed by atoms with van der Waals surface area (Å²) < 4.78 is 0.838. The first kappa shape index (κ1) is 17.1. The molecular weight excluding hydrogens is 407 g/mol. The van der Waals surface area contributed by atoms with E-state index in [9.17, 15) is 9.59 Å². The van der Waals surface area contributed by atoms with Crippen LogP contribution in [0.4, 0.5) is 5.69 Å². The molecule has 0 unspecified atom stereocenters. The summed E-state index contributed by atoms with van der Waals surface area (Å²) >= 11 is 2.09. The Bertz CT molecular complexity index is 732. The smallest absolute Gasteiger partial charge is 0.272 e. The first-order valence-electron chi connectivity index (χ1n) is 6.84. The number of carbonyl (C=O) groups excluding carboxylic acids is 2. The molecule has 6 nitrogen and oxygen atoms in total. The van der Waals surface area contributed by atoms with Crippen LogP contribution < -0.4 is 10.7 Å². The lowest BCUT2D eigenvalue weighted by molar-refractivity contribution is -0.115. The van der Waals surface area contributed by atoms with Gasteiger partial charge in [0, 0.05) is 15.5 Å². The number of hydrogen-bond donors (Lipinski definition) is 2. The Morgan fingerprint density at radius 2 is 2.00 bits per heavy atom. The van der Waals surface area contributed by atoms with Crippen LogP contribution in [0.15, 0.2) is 53.9 Å². The molecule has 0 bridgehead atoms. The summed E-state index contributed by atoms with van der Waals surface area (Å²) in [5.74, 6) is -0.523. The number of anilines is 1. The van der Waals surface area contributed by atoms with E-state index in [1.165, 1.54) is 0 Å². The topological polar surface area (TPSA) is 83.4 Å². The fraction of sp³-hybridized carbons (Fsp3) is 0.125. The molecule has 23 heavy (non-hydrogen) atoms. The molecule has 7 heteroatoms. The fourth-order valence-electron chi connectivity index (χ4n) is 1.77. The summed E-state index contributed by atoms with van der Waals surface area (Å²) in [4.78, 5) is 27.8. The van der Waals surface area contributed by atoms with E-state index in [0.717, 1.165) is 3.57 Å². The van der Waals surface area contributed by atoms with Crippen LogP contribution >= 0.6 is 22.6 Å². The second-order valence-corrected chi connectivity index (χ2v) is 5.90. The van der Waals surface area contributed by atoms with Crippen molar-refractivity contribution in [2.75, 3.05) is 5.32 Å². The van der Waals surface area contributed by atoms with E-state index >= 15 is 0 Å². The molecule has 0 aliphatic heterocycles. The molecule has 1 heterocycles. The third-order valence-corrected chi connectivity index (χ3v) is 3.77. The Morgan fingerprint density at radius 1 is 1.22 bits per heavy atom. The molecule has 2 aromatic rings. The molecule has 0 atom stereocenters. The average molecular weight is 422 g/mol. The van der Waals surface area contributed by atoms with Gasteiger partial charge in [-0.1, -0.05) is 12.1 Å². The van der Waals surface area contributed by atoms with Gasteiger partial charge in [-0.05, 0) is 53.8 Å². The molecule has 2 rings (SSSR count). The standard InChI is InChI=1S/C16H15IN4O2/c1-11(9-15(22)19-12-5-4-8-18-10-12)20-21-16(23)13-6-2-3-7-14(13)17/h2-8,10H,9H2,1H3,(H,19,22)(H,21,23)/b20-11+. The molecule has 0 fully saturated rings. The molecule has 0 saturated heterocycles. The Hall–Kier alpha value is -2.29. The molecule has 2 amide bonds. The Balaban J connectivity index is 1.89. The van der Waals surface area contributed by atoms with Crippen LogP contribution in [0.2, 0.25) is 0 Å². The summed E-state index contributed by atoms with van der Waals surface area (Å²) in [5.41, 5.74) is 4.13. The van der Waals surface area contributed by atoms with Gasteiger partial charge >= 0.3 is 0 Å². The number of nitrogens with one attached hydrogen (secondary N) is 2. The van der Waals surface area contributed by atoms with Crippen molar-refractivity contribution in [3.8, 4) is 0 Å². The quantitative estimate of drug-likeness (QED) is 0.442. The van der Waals surface area contributed by atoms with Crippen LogP contribution in [0.1, 0.15) is 23.7 Å². The van der Waals surface area contributed by atoms with Gasteiger partial charge in [-0.2, -0.15) is 5.10 Å². The van der Waals surface area contributed by atoms with Gasteiger partial charge in [0.25, 0.3) is 5.91 Å². The number of pyridine rings is 1. The van der Waals surface area contributed by atoms with Crippen molar-refractivity contribution in [3.05, 3.63) is 57.9 Å². The van der Waals surface area contributed by atoms with Crippen molar-refractivity contribution in [2.45, 2.75) is 13.3 Å². The van der Waals surface area contributed by atoms with Gasteiger partial charge in [-0.15, -0.1) is 0 Å². The Morgan fingerprint density at radius 3 is 2.70 bits per heavy atom. The van der Waals surface area contributed by atoms with Gasteiger partial charge in [0.1, 0.15) is 0 Å². The first-order valence-corrected chi connectivity index (χ1v) is 7.92. The van der Waals surface area contributed by atoms with Crippen LogP contribution in [-0.2, 0) is 4.79 Å². The van der Waals surface area contributed by atoms with E-state index in [2.05, 4.69) is 43.4 Å². The van der Waals surface area contributed by atoms with Crippen LogP contribution in [0.25, 0.3) is 0 Å². The lowest BCUT2D eigenvalue weighted by Crippen LogP contribution is -2.22. The zero-order valence-corrected chi connectivity index (χ0v) is 14.6. The second-order valence-electron chi connectivity index (χ2n) is 4.73. The van der Waals surface area contributed by atoms with E-state index in [1.54, 1.807) is 43.6 Å². The Kier molecular flexibility index (Phi) is 6.21. The van der Waals surface area contributed by atoms with Gasteiger partial charge in [0.2, 0.25) is 5.91 Å². The molecule has 0 saturated carbocycles. The van der Waals surface area contributed by atoms with Gasteiger partial charge in [0.15, 0.2) is 0 Å². The third kappa shape index (κ3) is 5.44. The summed E-state index contributed by atoms with van der Waals surface area (Å²) in [6.45, 7) is 1.68. The largest absolute Gasteiger partial charge is 0.324 e. The predicted octanol–water partition coefficient (Wildman–Crippen LogP) is 2.82. The molecular formula is C16H15IN4O2. The van der Waals surface area contributed by atoms with Crippen molar-refractivity contribution in [1.29, 1.82) is 0 Å². The molecule has 0 radical (unpaired) electrons. The maximum absolute atomic E-state index is 12.0. The average Bonchev–Trinajstić information content (AvgIpc) is 2.54. The van der Waals surface area contributed by atoms with Gasteiger partial charge in [-0.3, -0.25) is 14.6 Å². The summed E-state index contributed by atoms with van der Waals surface area (Å²) in [5, 5.41) is 6.67. The molecule has 118 valence electrons. The van der Waals surface area contributed by atoms with E-state index in [0.29, 0.717) is 17.0 Å². The maximum Gasteiger partial charge on any atom is 0.272 e. The number of amides is 2. The minimum Gasteiger partial charge on any atom is -0.324 e. The number of rotatable bonds is 5. The van der Waals surface area contributed by atoms with Gasteiger partial charge < -0.3 is 5.32 Å². The third-order valence-electron chi connectivity index (χ3n) is 2.83. The number of aromatic nitrogens is 1. The van der Waals surface area contributed by atoms with E-state index in [1.807, 2.05) is 12.1 Å². The Labute approximate surface area is 147 Å². The van der Waals surface area contributed by atoms with Crippen LogP contribution in [0.5, 0.6) is 0 Å². The van der Waals surface area contributed by atoms with Gasteiger partial charge in [-0.25, -0.2) is 5.43 Å². The molecule has 0 spiro atoms. The van der Waals surface area contributed by atoms with E-state index < -0.39 is 0 Å². The summed E-state index contributed by atoms with van der Waals surface area (Å²) in [7, 11) is 0. The zero-order valence-electron chi connectivity index (χ0n) is 12.4. The highest BCUT2D eigenvalue weighted by Crippen LogP contribution is 2.11. The number of nitrogens with zero attached hydrogens (tertiary/aromatic N) is 2. The van der Waals surface area contributed by atoms with Crippen molar-refractivity contribution < 1.29 is 9.59 Å². The molecule has 0 aliphatic carbocycles. The van der Waals surface area contributed by atoms with Crippen molar-refractivity contribution in [3.63, 3.8) is 0 Å². The summed E-state index contributed by atoms with van der Waals surface area (Å²) in [6.07, 6.45) is 3.27. The van der Waals surface area contributed by atoms with E-state index in [-0.39, 0.29) is 18.2 Å². The molecule has 0 aliphatic rings. The minimum absolute atomic E-state index is 0.0844. The highest BCUT2D eigenvalue weighted by Gasteiger charge is 2.09. The second kappa shape index (κ2) is 8.37. The lowest BCUT2D eigenvalue weighted by atomic mass is 10.2. The number of carbonyl (C=O) groups is 2. The predicted molar refractivity (Wildman–Crippen MR) is 97.2 cm³/mol. The van der Waals surface area contributed by atoms with Crippen molar-refractivity contribution in [1.82, 2.24) is 10.4 Å². The number of hydrazone groups is 1. The summed E-state index contributed by atoms with van der Waals surface area (Å²) in [6, 6.07) is 10.7. The SMILES string of the molecule is C/C(CC(=O)Nc1cccnc1)=N\NC(=O)c1ccccc1I. The van der Waals surface area contributed by atoms with Crippen LogP contribution in [0.3, 0.4) is 0 Å². The number of halogens is 1. The highest BCUT2D eigenvalue weighted by molar-refractivity contribution is 14.1. The van der Waals surface area contributed by atoms with Gasteiger partial charge in [0.05, 0.1) is 23.9 Å². The van der Waals surface area contributed by atoms with E-state index in [4.69, 9.17) is 0 Å². The minimum atomic E-state index is -0.304. The molecule has 1 aromatic carbocycles. The zero-order chi connectivity index (χ0) is 16.7. The lowest BCUT2D eigenvalue weighted by Gasteiger charge is -2.05. The monoisotopic (exact) mass is 422 g/mol. The van der Waals surface area contributed by atoms with Crippen molar-refractivity contribution in [2.24, 2.45) is 5.10 Å². The van der Waals surface area contributed by atoms with Crippen molar-refractivity contribution >= 4 is 45.8 Å². The number of benzene rings is 1. The fourth-order valence-corrected chi connectivity index (χ4v) is 2.40. The van der Waals surface area contributed by atoms with Crippen LogP contribution in [-0.4, -0.2) is 22.5 Å². The maximum atomic E-state index is 12.0. The molecule has 2 N–H and O–H groups in total. The number of hydrogen-bond acceptors (Lipinski definition) is 4. The normalized spacial score (nSPS) is 11.0. The first-order chi connectivity index (χ1) is 11.1. The highest BCUT2D eigenvalue weighted by atomic mass is 127. The van der Waals surface area contributed by atoms with Crippen LogP contribution in [0, 0.1) is 3.57 Å². The molecule has 1 aromatic heterocycles.